The number of anilines is 1. The summed E-state index contributed by atoms with van der Waals surface area (Å²) in [5, 5.41) is 5.15. The number of pyridine rings is 1. The number of nitrogens with zero attached hydrogens (tertiary/aromatic N) is 4. The molecule has 7 nitrogen and oxygen atoms in total. The second-order valence-corrected chi connectivity index (χ2v) is 6.11. The van der Waals surface area contributed by atoms with Gasteiger partial charge in [0.2, 0.25) is 5.82 Å². The molecule has 0 aliphatic heterocycles. The largest absolute Gasteiger partial charge is 0.392 e. The van der Waals surface area contributed by atoms with E-state index in [2.05, 4.69) is 15.1 Å². The van der Waals surface area contributed by atoms with Crippen LogP contribution in [-0.2, 0) is 0 Å². The first-order valence-electron chi connectivity index (χ1n) is 8.74. The van der Waals surface area contributed by atoms with Gasteiger partial charge in [0.25, 0.3) is 5.89 Å². The molecule has 8 heteroatoms. The first kappa shape index (κ1) is 18.3. The molecule has 0 bridgehead atoms. The Morgan fingerprint density at radius 3 is 2.34 bits per heavy atom. The van der Waals surface area contributed by atoms with Crippen molar-refractivity contribution in [1.29, 1.82) is 0 Å². The lowest BCUT2D eigenvalue weighted by Crippen LogP contribution is -2.32. The second kappa shape index (κ2) is 7.91. The van der Waals surface area contributed by atoms with Crippen LogP contribution in [0.2, 0.25) is 0 Å². The fourth-order valence-corrected chi connectivity index (χ4v) is 2.84. The van der Waals surface area contributed by atoms with Crippen molar-refractivity contribution >= 4 is 17.1 Å². The third-order valence-corrected chi connectivity index (χ3v) is 4.25. The summed E-state index contributed by atoms with van der Waals surface area (Å²) in [5.41, 5.74) is 8.32. The van der Waals surface area contributed by atoms with Gasteiger partial charge < -0.3 is 10.3 Å². The zero-order chi connectivity index (χ0) is 20.2. The van der Waals surface area contributed by atoms with Crippen LogP contribution in [0.5, 0.6) is 0 Å². The lowest BCUT2D eigenvalue weighted by Gasteiger charge is -2.23. The summed E-state index contributed by atoms with van der Waals surface area (Å²) in [6.07, 6.45) is 3.17. The number of hydrogen-bond acceptors (Lipinski definition) is 7. The highest BCUT2D eigenvalue weighted by molar-refractivity contribution is 5.93. The van der Waals surface area contributed by atoms with E-state index in [0.717, 1.165) is 10.6 Å². The maximum absolute atomic E-state index is 14.4. The predicted octanol–water partition coefficient (Wildman–Crippen LogP) is 3.44. The summed E-state index contributed by atoms with van der Waals surface area (Å²) in [6.45, 7) is 0. The van der Waals surface area contributed by atoms with Crippen molar-refractivity contribution in [2.45, 2.75) is 0 Å². The Balaban J connectivity index is 1.83. The molecule has 144 valence electrons. The number of rotatable bonds is 5. The number of benzene rings is 2. The number of aromatic nitrogens is 3. The molecule has 0 saturated carbocycles. The quantitative estimate of drug-likeness (QED) is 0.398. The molecular weight excluding hydrogens is 371 g/mol. The number of para-hydroxylation sites is 1. The van der Waals surface area contributed by atoms with E-state index < -0.39 is 5.82 Å². The van der Waals surface area contributed by atoms with Crippen LogP contribution in [-0.4, -0.2) is 15.1 Å². The van der Waals surface area contributed by atoms with Gasteiger partial charge in [-0.15, -0.1) is 0 Å². The molecule has 0 saturated heterocycles. The molecule has 0 unspecified atom stereocenters. The maximum atomic E-state index is 14.4. The summed E-state index contributed by atoms with van der Waals surface area (Å²) < 4.78 is 19.7. The van der Waals surface area contributed by atoms with E-state index >= 15 is 0 Å². The van der Waals surface area contributed by atoms with Crippen LogP contribution >= 0.6 is 0 Å². The third-order valence-electron chi connectivity index (χ3n) is 4.25. The molecule has 0 fully saturated rings. The Bertz CT molecular complexity index is 1140. The Hall–Kier alpha value is -4.04. The average molecular weight is 388 g/mol. The van der Waals surface area contributed by atoms with Crippen molar-refractivity contribution in [3.8, 4) is 11.4 Å². The highest BCUT2D eigenvalue weighted by Crippen LogP contribution is 2.30. The smallest absolute Gasteiger partial charge is 0.276 e. The molecule has 4 rings (SSSR count). The standard InChI is InChI=1S/C21H17FN6O/c22-16-8-4-5-9-17(16)28(24)19(14-10-12-25-13-11-14)18(23)21-26-20(27-29-21)15-6-2-1-3-7-15/h1-13H,23-24H2/b19-18-. The molecule has 2 aromatic carbocycles. The molecule has 2 aromatic heterocycles. The molecule has 0 radical (unpaired) electrons. The molecule has 0 atom stereocenters. The SMILES string of the molecule is N/C(=C(/c1ccncc1)N(N)c1ccccc1F)c1nc(-c2ccccc2)no1. The first-order valence-corrected chi connectivity index (χ1v) is 8.74. The van der Waals surface area contributed by atoms with Gasteiger partial charge in [-0.2, -0.15) is 4.98 Å². The molecule has 29 heavy (non-hydrogen) atoms. The van der Waals surface area contributed by atoms with Crippen LogP contribution in [0, 0.1) is 5.82 Å². The van der Waals surface area contributed by atoms with Gasteiger partial charge >= 0.3 is 0 Å². The van der Waals surface area contributed by atoms with E-state index in [-0.39, 0.29) is 17.3 Å². The third kappa shape index (κ3) is 3.69. The zero-order valence-corrected chi connectivity index (χ0v) is 15.2. The summed E-state index contributed by atoms with van der Waals surface area (Å²) >= 11 is 0. The van der Waals surface area contributed by atoms with Crippen molar-refractivity contribution in [3.63, 3.8) is 0 Å². The molecule has 0 spiro atoms. The number of halogens is 1. The molecule has 0 amide bonds. The van der Waals surface area contributed by atoms with Crippen LogP contribution in [0.25, 0.3) is 22.8 Å². The van der Waals surface area contributed by atoms with E-state index in [1.165, 1.54) is 6.07 Å². The van der Waals surface area contributed by atoms with Gasteiger partial charge in [0.05, 0.1) is 11.4 Å². The Morgan fingerprint density at radius 2 is 1.62 bits per heavy atom. The average Bonchev–Trinajstić information content (AvgIpc) is 3.26. The van der Waals surface area contributed by atoms with E-state index in [4.69, 9.17) is 16.1 Å². The van der Waals surface area contributed by atoms with Crippen LogP contribution in [0.3, 0.4) is 0 Å². The molecule has 4 aromatic rings. The fourth-order valence-electron chi connectivity index (χ4n) is 2.84. The minimum absolute atomic E-state index is 0.0717. The van der Waals surface area contributed by atoms with Crippen molar-refractivity contribution < 1.29 is 8.91 Å². The van der Waals surface area contributed by atoms with Crippen molar-refractivity contribution in [2.24, 2.45) is 11.6 Å². The highest BCUT2D eigenvalue weighted by atomic mass is 19.1. The van der Waals surface area contributed by atoms with Crippen molar-refractivity contribution in [3.05, 3.63) is 96.4 Å². The van der Waals surface area contributed by atoms with Gasteiger partial charge in [-0.25, -0.2) is 10.2 Å². The van der Waals surface area contributed by atoms with E-state index in [0.29, 0.717) is 17.1 Å². The van der Waals surface area contributed by atoms with Gasteiger partial charge in [0.15, 0.2) is 0 Å². The van der Waals surface area contributed by atoms with Gasteiger partial charge in [0, 0.05) is 23.5 Å². The first-order chi connectivity index (χ1) is 14.1. The van der Waals surface area contributed by atoms with Crippen molar-refractivity contribution in [2.75, 3.05) is 5.01 Å². The molecule has 2 heterocycles. The normalized spacial score (nSPS) is 11.8. The lowest BCUT2D eigenvalue weighted by molar-refractivity contribution is 0.408. The maximum Gasteiger partial charge on any atom is 0.276 e. The summed E-state index contributed by atoms with van der Waals surface area (Å²) in [5.74, 6) is 6.23. The topological polar surface area (TPSA) is 107 Å². The highest BCUT2D eigenvalue weighted by Gasteiger charge is 2.22. The fraction of sp³-hybridized carbons (Fsp3) is 0. The van der Waals surface area contributed by atoms with E-state index in [1.54, 1.807) is 42.7 Å². The van der Waals surface area contributed by atoms with E-state index in [9.17, 15) is 4.39 Å². The Labute approximate surface area is 166 Å². The van der Waals surface area contributed by atoms with E-state index in [1.807, 2.05) is 30.3 Å². The molecule has 4 N–H and O–H groups in total. The summed E-state index contributed by atoms with van der Waals surface area (Å²) in [7, 11) is 0. The zero-order valence-electron chi connectivity index (χ0n) is 15.2. The minimum atomic E-state index is -0.496. The van der Waals surface area contributed by atoms with Gasteiger partial charge in [-0.1, -0.05) is 47.6 Å². The monoisotopic (exact) mass is 388 g/mol. The Kier molecular flexibility index (Phi) is 5.00. The van der Waals surface area contributed by atoms with Crippen LogP contribution < -0.4 is 16.6 Å². The summed E-state index contributed by atoms with van der Waals surface area (Å²) in [6, 6.07) is 18.9. The summed E-state index contributed by atoms with van der Waals surface area (Å²) in [4.78, 5) is 8.38. The van der Waals surface area contributed by atoms with Crippen LogP contribution in [0.4, 0.5) is 10.1 Å². The van der Waals surface area contributed by atoms with Crippen LogP contribution in [0.15, 0.2) is 83.6 Å². The number of hydrogen-bond donors (Lipinski definition) is 2. The second-order valence-electron chi connectivity index (χ2n) is 6.11. The number of hydrazine groups is 1. The lowest BCUT2D eigenvalue weighted by atomic mass is 10.1. The minimum Gasteiger partial charge on any atom is -0.392 e. The van der Waals surface area contributed by atoms with Crippen LogP contribution in [0.1, 0.15) is 11.5 Å². The molecule has 0 aliphatic carbocycles. The Morgan fingerprint density at radius 1 is 0.931 bits per heavy atom. The molecule has 0 aliphatic rings. The van der Waals surface area contributed by atoms with Gasteiger partial charge in [0.1, 0.15) is 11.5 Å². The van der Waals surface area contributed by atoms with Gasteiger partial charge in [-0.05, 0) is 24.3 Å². The predicted molar refractivity (Wildman–Crippen MR) is 108 cm³/mol. The van der Waals surface area contributed by atoms with Gasteiger partial charge in [-0.3, -0.25) is 9.99 Å². The van der Waals surface area contributed by atoms with Crippen molar-refractivity contribution in [1.82, 2.24) is 15.1 Å². The molecular formula is C21H17FN6O. The number of nitrogens with two attached hydrogens (primary N) is 2.